The monoisotopic (exact) mass is 400 g/mol. The van der Waals surface area contributed by atoms with Gasteiger partial charge in [0.2, 0.25) is 5.91 Å². The standard InChI is InChI=1S/C22H28N2O3S/c1-5-27-17-15-18(16-9-7-6-8-10-16)28-19(17)20(25)23-11-13-24(14-12-23)21(26)22(2,3)4/h6-10,15H,5,11-14H2,1-4H3. The lowest BCUT2D eigenvalue weighted by Crippen LogP contribution is -2.53. The van der Waals surface area contributed by atoms with Crippen molar-refractivity contribution in [2.24, 2.45) is 5.41 Å². The van der Waals surface area contributed by atoms with Gasteiger partial charge < -0.3 is 14.5 Å². The molecule has 1 aromatic carbocycles. The fourth-order valence-corrected chi connectivity index (χ4v) is 4.34. The van der Waals surface area contributed by atoms with Crippen molar-refractivity contribution in [3.63, 3.8) is 0 Å². The van der Waals surface area contributed by atoms with Gasteiger partial charge in [0.15, 0.2) is 0 Å². The highest BCUT2D eigenvalue weighted by molar-refractivity contribution is 7.17. The number of hydrogen-bond acceptors (Lipinski definition) is 4. The summed E-state index contributed by atoms with van der Waals surface area (Å²) in [5, 5.41) is 0. The Morgan fingerprint density at radius 3 is 2.21 bits per heavy atom. The first-order chi connectivity index (χ1) is 13.3. The number of piperazine rings is 1. The number of carbonyl (C=O) groups is 2. The van der Waals surface area contributed by atoms with Gasteiger partial charge in [-0.1, -0.05) is 51.1 Å². The molecular weight excluding hydrogens is 372 g/mol. The molecule has 1 aliphatic heterocycles. The summed E-state index contributed by atoms with van der Waals surface area (Å²) in [6.45, 7) is 10.5. The maximum atomic E-state index is 13.2. The van der Waals surface area contributed by atoms with Crippen LogP contribution in [0.2, 0.25) is 0 Å². The molecule has 150 valence electrons. The van der Waals surface area contributed by atoms with E-state index < -0.39 is 5.41 Å². The first kappa shape index (κ1) is 20.4. The highest BCUT2D eigenvalue weighted by atomic mass is 32.1. The summed E-state index contributed by atoms with van der Waals surface area (Å²) in [6.07, 6.45) is 0. The van der Waals surface area contributed by atoms with Gasteiger partial charge in [-0.3, -0.25) is 9.59 Å². The molecule has 1 aliphatic rings. The van der Waals surface area contributed by atoms with E-state index >= 15 is 0 Å². The quantitative estimate of drug-likeness (QED) is 0.775. The highest BCUT2D eigenvalue weighted by Crippen LogP contribution is 2.37. The van der Waals surface area contributed by atoms with Crippen molar-refractivity contribution in [3.8, 4) is 16.2 Å². The van der Waals surface area contributed by atoms with Crippen molar-refractivity contribution in [3.05, 3.63) is 41.3 Å². The van der Waals surface area contributed by atoms with Gasteiger partial charge in [-0.2, -0.15) is 0 Å². The summed E-state index contributed by atoms with van der Waals surface area (Å²) < 4.78 is 5.75. The first-order valence-corrected chi connectivity index (χ1v) is 10.5. The summed E-state index contributed by atoms with van der Waals surface area (Å²) in [6, 6.07) is 12.0. The third kappa shape index (κ3) is 4.38. The van der Waals surface area contributed by atoms with Gasteiger partial charge in [-0.05, 0) is 18.6 Å². The number of rotatable bonds is 4. The minimum absolute atomic E-state index is 0.0153. The van der Waals surface area contributed by atoms with Gasteiger partial charge in [-0.15, -0.1) is 11.3 Å². The SMILES string of the molecule is CCOc1cc(-c2ccccc2)sc1C(=O)N1CCN(C(=O)C(C)(C)C)CC1. The zero-order chi connectivity index (χ0) is 20.3. The summed E-state index contributed by atoms with van der Waals surface area (Å²) in [5.41, 5.74) is 0.681. The van der Waals surface area contributed by atoms with Crippen LogP contribution in [0.25, 0.3) is 10.4 Å². The normalized spacial score (nSPS) is 14.9. The van der Waals surface area contributed by atoms with Crippen molar-refractivity contribution >= 4 is 23.2 Å². The van der Waals surface area contributed by atoms with Crippen molar-refractivity contribution in [2.45, 2.75) is 27.7 Å². The number of hydrogen-bond donors (Lipinski definition) is 0. The molecule has 0 atom stereocenters. The van der Waals surface area contributed by atoms with E-state index in [9.17, 15) is 9.59 Å². The molecule has 1 saturated heterocycles. The number of ether oxygens (including phenoxy) is 1. The topological polar surface area (TPSA) is 49.9 Å². The average molecular weight is 401 g/mol. The largest absolute Gasteiger partial charge is 0.492 e. The van der Waals surface area contributed by atoms with Crippen LogP contribution in [-0.2, 0) is 4.79 Å². The molecule has 3 rings (SSSR count). The Labute approximate surface area is 170 Å². The molecule has 2 heterocycles. The van der Waals surface area contributed by atoms with Crippen molar-refractivity contribution in [1.82, 2.24) is 9.80 Å². The average Bonchev–Trinajstić information content (AvgIpc) is 3.11. The molecule has 1 fully saturated rings. The molecule has 6 heteroatoms. The second kappa shape index (κ2) is 8.35. The maximum Gasteiger partial charge on any atom is 0.267 e. The van der Waals surface area contributed by atoms with E-state index in [-0.39, 0.29) is 11.8 Å². The molecule has 0 bridgehead atoms. The zero-order valence-electron chi connectivity index (χ0n) is 17.0. The van der Waals surface area contributed by atoms with Gasteiger partial charge >= 0.3 is 0 Å². The number of thiophene rings is 1. The van der Waals surface area contributed by atoms with Crippen LogP contribution in [0.1, 0.15) is 37.4 Å². The van der Waals surface area contributed by atoms with Crippen molar-refractivity contribution in [2.75, 3.05) is 32.8 Å². The van der Waals surface area contributed by atoms with Gasteiger partial charge in [0.05, 0.1) is 6.61 Å². The lowest BCUT2D eigenvalue weighted by molar-refractivity contribution is -0.140. The van der Waals surface area contributed by atoms with Crippen molar-refractivity contribution < 1.29 is 14.3 Å². The summed E-state index contributed by atoms with van der Waals surface area (Å²) in [5.74, 6) is 0.764. The van der Waals surface area contributed by atoms with Crippen LogP contribution in [0.3, 0.4) is 0 Å². The molecule has 0 unspecified atom stereocenters. The smallest absolute Gasteiger partial charge is 0.267 e. The molecule has 0 radical (unpaired) electrons. The van der Waals surface area contributed by atoms with E-state index in [2.05, 4.69) is 0 Å². The van der Waals surface area contributed by atoms with Gasteiger partial charge in [-0.25, -0.2) is 0 Å². The van der Waals surface area contributed by atoms with Crippen LogP contribution in [0.4, 0.5) is 0 Å². The van der Waals surface area contributed by atoms with Crippen LogP contribution in [0.15, 0.2) is 36.4 Å². The molecule has 2 amide bonds. The summed E-state index contributed by atoms with van der Waals surface area (Å²) in [4.78, 5) is 31.0. The molecule has 0 N–H and O–H groups in total. The van der Waals surface area contributed by atoms with Gasteiger partial charge in [0, 0.05) is 36.5 Å². The van der Waals surface area contributed by atoms with E-state index in [0.29, 0.717) is 43.4 Å². The molecule has 0 aliphatic carbocycles. The minimum Gasteiger partial charge on any atom is -0.492 e. The molecule has 2 aromatic rings. The van der Waals surface area contributed by atoms with Crippen LogP contribution < -0.4 is 4.74 Å². The lowest BCUT2D eigenvalue weighted by atomic mass is 9.94. The Balaban J connectivity index is 1.76. The fourth-order valence-electron chi connectivity index (χ4n) is 3.26. The van der Waals surface area contributed by atoms with E-state index in [1.807, 2.05) is 73.9 Å². The third-order valence-electron chi connectivity index (χ3n) is 4.75. The summed E-state index contributed by atoms with van der Waals surface area (Å²) >= 11 is 1.47. The molecule has 28 heavy (non-hydrogen) atoms. The predicted molar refractivity (Wildman–Crippen MR) is 113 cm³/mol. The Kier molecular flexibility index (Phi) is 6.08. The van der Waals surface area contributed by atoms with Crippen LogP contribution in [0, 0.1) is 5.41 Å². The van der Waals surface area contributed by atoms with Crippen molar-refractivity contribution in [1.29, 1.82) is 0 Å². The Bertz CT molecular complexity index is 831. The maximum absolute atomic E-state index is 13.2. The molecule has 0 saturated carbocycles. The van der Waals surface area contributed by atoms with Crippen LogP contribution in [-0.4, -0.2) is 54.4 Å². The number of nitrogens with zero attached hydrogens (tertiary/aromatic N) is 2. The second-order valence-electron chi connectivity index (χ2n) is 7.94. The van der Waals surface area contributed by atoms with Gasteiger partial charge in [0.25, 0.3) is 5.91 Å². The van der Waals surface area contributed by atoms with E-state index in [4.69, 9.17) is 4.74 Å². The van der Waals surface area contributed by atoms with E-state index in [1.165, 1.54) is 11.3 Å². The van der Waals surface area contributed by atoms with E-state index in [0.717, 1.165) is 10.4 Å². The molecule has 1 aromatic heterocycles. The Hall–Kier alpha value is -2.34. The molecule has 5 nitrogen and oxygen atoms in total. The first-order valence-electron chi connectivity index (χ1n) is 9.72. The van der Waals surface area contributed by atoms with E-state index in [1.54, 1.807) is 0 Å². The fraction of sp³-hybridized carbons (Fsp3) is 0.455. The Morgan fingerprint density at radius 1 is 1.04 bits per heavy atom. The number of benzene rings is 1. The lowest BCUT2D eigenvalue weighted by Gasteiger charge is -2.37. The minimum atomic E-state index is -0.396. The number of amides is 2. The molecular formula is C22H28N2O3S. The van der Waals surface area contributed by atoms with Crippen LogP contribution >= 0.6 is 11.3 Å². The van der Waals surface area contributed by atoms with Crippen LogP contribution in [0.5, 0.6) is 5.75 Å². The number of carbonyl (C=O) groups excluding carboxylic acids is 2. The third-order valence-corrected chi connectivity index (χ3v) is 5.90. The predicted octanol–water partition coefficient (Wildman–Crippen LogP) is 4.14. The van der Waals surface area contributed by atoms with Gasteiger partial charge in [0.1, 0.15) is 10.6 Å². The highest BCUT2D eigenvalue weighted by Gasteiger charge is 2.32. The second-order valence-corrected chi connectivity index (χ2v) is 8.99. The Morgan fingerprint density at radius 2 is 1.64 bits per heavy atom. The zero-order valence-corrected chi connectivity index (χ0v) is 17.8. The summed E-state index contributed by atoms with van der Waals surface area (Å²) in [7, 11) is 0. The molecule has 0 spiro atoms.